The van der Waals surface area contributed by atoms with Gasteiger partial charge >= 0.3 is 0 Å². The number of ether oxygens (including phenoxy) is 1. The average Bonchev–Trinajstić information content (AvgIpc) is 2.46. The average molecular weight is 262 g/mol. The number of nitrogens with one attached hydrogen (secondary N) is 2. The van der Waals surface area contributed by atoms with Gasteiger partial charge < -0.3 is 15.4 Å². The van der Waals surface area contributed by atoms with Crippen LogP contribution in [0.2, 0.25) is 0 Å². The second kappa shape index (κ2) is 7.51. The van der Waals surface area contributed by atoms with Crippen LogP contribution in [0, 0.1) is 0 Å². The van der Waals surface area contributed by atoms with Crippen molar-refractivity contribution in [2.75, 3.05) is 13.7 Å². The summed E-state index contributed by atoms with van der Waals surface area (Å²) in [5.41, 5.74) is 1.28. The summed E-state index contributed by atoms with van der Waals surface area (Å²) in [6, 6.07) is 9.50. The molecular weight excluding hydrogens is 236 g/mol. The first kappa shape index (κ1) is 14.4. The standard InChI is InChI=1S/C16H26N2O/c1-13(10-15-7-3-4-9-17-15)18-12-14-6-5-8-16(11-14)19-2/h5-6,8,11,13,15,17-18H,3-4,7,9-10,12H2,1-2H3. The quantitative estimate of drug-likeness (QED) is 0.827. The molecule has 1 aliphatic rings. The van der Waals surface area contributed by atoms with E-state index in [9.17, 15) is 0 Å². The summed E-state index contributed by atoms with van der Waals surface area (Å²) in [5, 5.41) is 7.21. The second-order valence-electron chi connectivity index (χ2n) is 5.52. The van der Waals surface area contributed by atoms with Crippen LogP contribution in [0.3, 0.4) is 0 Å². The van der Waals surface area contributed by atoms with Crippen molar-refractivity contribution >= 4 is 0 Å². The molecule has 106 valence electrons. The van der Waals surface area contributed by atoms with Gasteiger partial charge in [-0.2, -0.15) is 0 Å². The molecule has 1 aromatic carbocycles. The summed E-state index contributed by atoms with van der Waals surface area (Å²) < 4.78 is 5.25. The molecule has 19 heavy (non-hydrogen) atoms. The van der Waals surface area contributed by atoms with E-state index in [-0.39, 0.29) is 0 Å². The molecule has 1 aliphatic heterocycles. The van der Waals surface area contributed by atoms with E-state index in [1.54, 1.807) is 7.11 Å². The Morgan fingerprint density at radius 3 is 3.05 bits per heavy atom. The molecular formula is C16H26N2O. The Morgan fingerprint density at radius 1 is 1.42 bits per heavy atom. The highest BCUT2D eigenvalue weighted by Crippen LogP contribution is 2.14. The predicted molar refractivity (Wildman–Crippen MR) is 79.6 cm³/mol. The molecule has 0 radical (unpaired) electrons. The van der Waals surface area contributed by atoms with E-state index in [0.717, 1.165) is 12.3 Å². The Kier molecular flexibility index (Phi) is 5.67. The van der Waals surface area contributed by atoms with Crippen molar-refractivity contribution in [1.29, 1.82) is 0 Å². The number of hydrogen-bond donors (Lipinski definition) is 2. The molecule has 0 bridgehead atoms. The fraction of sp³-hybridized carbons (Fsp3) is 0.625. The van der Waals surface area contributed by atoms with Gasteiger partial charge in [0.05, 0.1) is 7.11 Å². The first-order valence-corrected chi connectivity index (χ1v) is 7.37. The molecule has 3 heteroatoms. The molecule has 1 aromatic rings. The lowest BCUT2D eigenvalue weighted by Gasteiger charge is -2.26. The lowest BCUT2D eigenvalue weighted by Crippen LogP contribution is -2.39. The van der Waals surface area contributed by atoms with Crippen LogP contribution in [0.4, 0.5) is 0 Å². The molecule has 1 heterocycles. The zero-order valence-corrected chi connectivity index (χ0v) is 12.1. The lowest BCUT2D eigenvalue weighted by molar-refractivity contribution is 0.344. The summed E-state index contributed by atoms with van der Waals surface area (Å²) in [6.45, 7) is 4.37. The Bertz CT molecular complexity index is 375. The minimum Gasteiger partial charge on any atom is -0.497 e. The van der Waals surface area contributed by atoms with Gasteiger partial charge in [0, 0.05) is 18.6 Å². The van der Waals surface area contributed by atoms with Crippen molar-refractivity contribution in [2.24, 2.45) is 0 Å². The zero-order chi connectivity index (χ0) is 13.5. The Hall–Kier alpha value is -1.06. The monoisotopic (exact) mass is 262 g/mol. The summed E-state index contributed by atoms with van der Waals surface area (Å²) >= 11 is 0. The smallest absolute Gasteiger partial charge is 0.119 e. The number of benzene rings is 1. The van der Waals surface area contributed by atoms with E-state index >= 15 is 0 Å². The van der Waals surface area contributed by atoms with Gasteiger partial charge in [-0.05, 0) is 50.4 Å². The molecule has 0 aromatic heterocycles. The molecule has 2 atom stereocenters. The SMILES string of the molecule is COc1cccc(CNC(C)CC2CCCCN2)c1. The van der Waals surface area contributed by atoms with Crippen molar-refractivity contribution < 1.29 is 4.74 Å². The van der Waals surface area contributed by atoms with Crippen LogP contribution in [0.1, 0.15) is 38.2 Å². The van der Waals surface area contributed by atoms with E-state index in [4.69, 9.17) is 4.74 Å². The third-order valence-corrected chi connectivity index (χ3v) is 3.84. The van der Waals surface area contributed by atoms with E-state index in [1.807, 2.05) is 12.1 Å². The molecule has 2 unspecified atom stereocenters. The summed E-state index contributed by atoms with van der Waals surface area (Å²) in [5.74, 6) is 0.931. The van der Waals surface area contributed by atoms with Gasteiger partial charge in [-0.1, -0.05) is 18.6 Å². The van der Waals surface area contributed by atoms with Crippen molar-refractivity contribution in [1.82, 2.24) is 10.6 Å². The summed E-state index contributed by atoms with van der Waals surface area (Å²) in [4.78, 5) is 0. The second-order valence-corrected chi connectivity index (χ2v) is 5.52. The van der Waals surface area contributed by atoms with Gasteiger partial charge in [0.25, 0.3) is 0 Å². The Labute approximate surface area is 116 Å². The fourth-order valence-corrected chi connectivity index (χ4v) is 2.71. The molecule has 0 amide bonds. The van der Waals surface area contributed by atoms with Crippen molar-refractivity contribution in [3.8, 4) is 5.75 Å². The highest BCUT2D eigenvalue weighted by Gasteiger charge is 2.15. The maximum absolute atomic E-state index is 5.25. The maximum atomic E-state index is 5.25. The van der Waals surface area contributed by atoms with E-state index < -0.39 is 0 Å². The zero-order valence-electron chi connectivity index (χ0n) is 12.1. The van der Waals surface area contributed by atoms with Crippen LogP contribution >= 0.6 is 0 Å². The van der Waals surface area contributed by atoms with Gasteiger partial charge in [-0.25, -0.2) is 0 Å². The number of rotatable bonds is 6. The van der Waals surface area contributed by atoms with Crippen LogP contribution < -0.4 is 15.4 Å². The van der Waals surface area contributed by atoms with Crippen LogP contribution in [0.15, 0.2) is 24.3 Å². The van der Waals surface area contributed by atoms with Crippen LogP contribution in [-0.4, -0.2) is 25.7 Å². The molecule has 1 saturated heterocycles. The van der Waals surface area contributed by atoms with E-state index in [2.05, 4.69) is 29.7 Å². The largest absolute Gasteiger partial charge is 0.497 e. The molecule has 2 N–H and O–H groups in total. The van der Waals surface area contributed by atoms with Crippen LogP contribution in [0.5, 0.6) is 5.75 Å². The summed E-state index contributed by atoms with van der Waals surface area (Å²) in [6.07, 6.45) is 5.25. The molecule has 1 fully saturated rings. The third kappa shape index (κ3) is 4.84. The highest BCUT2D eigenvalue weighted by molar-refractivity contribution is 5.28. The van der Waals surface area contributed by atoms with Crippen molar-refractivity contribution in [2.45, 2.75) is 51.2 Å². The van der Waals surface area contributed by atoms with Gasteiger partial charge in [0.2, 0.25) is 0 Å². The van der Waals surface area contributed by atoms with E-state index in [0.29, 0.717) is 12.1 Å². The first-order valence-electron chi connectivity index (χ1n) is 7.37. The Morgan fingerprint density at radius 2 is 2.32 bits per heavy atom. The maximum Gasteiger partial charge on any atom is 0.119 e. The minimum atomic E-state index is 0.543. The van der Waals surface area contributed by atoms with Crippen molar-refractivity contribution in [3.63, 3.8) is 0 Å². The van der Waals surface area contributed by atoms with Crippen LogP contribution in [0.25, 0.3) is 0 Å². The first-order chi connectivity index (χ1) is 9.28. The molecule has 0 saturated carbocycles. The minimum absolute atomic E-state index is 0.543. The number of hydrogen-bond acceptors (Lipinski definition) is 3. The van der Waals surface area contributed by atoms with Crippen LogP contribution in [-0.2, 0) is 6.54 Å². The third-order valence-electron chi connectivity index (χ3n) is 3.84. The van der Waals surface area contributed by atoms with Gasteiger partial charge in [-0.15, -0.1) is 0 Å². The molecule has 2 rings (SSSR count). The molecule has 3 nitrogen and oxygen atoms in total. The Balaban J connectivity index is 1.74. The van der Waals surface area contributed by atoms with Gasteiger partial charge in [0.15, 0.2) is 0 Å². The lowest BCUT2D eigenvalue weighted by atomic mass is 9.99. The van der Waals surface area contributed by atoms with Gasteiger partial charge in [-0.3, -0.25) is 0 Å². The normalized spacial score (nSPS) is 21.1. The van der Waals surface area contributed by atoms with E-state index in [1.165, 1.54) is 37.8 Å². The number of methoxy groups -OCH3 is 1. The van der Waals surface area contributed by atoms with Gasteiger partial charge in [0.1, 0.15) is 5.75 Å². The molecule has 0 aliphatic carbocycles. The predicted octanol–water partition coefficient (Wildman–Crippen LogP) is 2.71. The topological polar surface area (TPSA) is 33.3 Å². The molecule has 0 spiro atoms. The number of piperidine rings is 1. The highest BCUT2D eigenvalue weighted by atomic mass is 16.5. The van der Waals surface area contributed by atoms with Crippen molar-refractivity contribution in [3.05, 3.63) is 29.8 Å². The summed E-state index contributed by atoms with van der Waals surface area (Å²) in [7, 11) is 1.71. The fourth-order valence-electron chi connectivity index (χ4n) is 2.71.